The molecule has 1 N–H and O–H groups in total. The van der Waals surface area contributed by atoms with Gasteiger partial charge in [0.25, 0.3) is 0 Å². The van der Waals surface area contributed by atoms with Crippen LogP contribution in [0.2, 0.25) is 0 Å². The van der Waals surface area contributed by atoms with Crippen molar-refractivity contribution in [2.24, 2.45) is 0 Å². The second-order valence-electron chi connectivity index (χ2n) is 6.24. The van der Waals surface area contributed by atoms with Gasteiger partial charge in [-0.1, -0.05) is 6.07 Å². The average Bonchev–Trinajstić information content (AvgIpc) is 3.11. The van der Waals surface area contributed by atoms with Gasteiger partial charge in [-0.05, 0) is 32.0 Å². The number of aromatic nitrogens is 4. The Morgan fingerprint density at radius 2 is 2.07 bits per heavy atom. The molecule has 27 heavy (non-hydrogen) atoms. The van der Waals surface area contributed by atoms with Crippen molar-refractivity contribution in [3.05, 3.63) is 54.1 Å². The van der Waals surface area contributed by atoms with Crippen molar-refractivity contribution >= 4 is 22.0 Å². The molecule has 3 rings (SSSR count). The minimum absolute atomic E-state index is 0.0437. The topological polar surface area (TPSA) is 90.1 Å². The van der Waals surface area contributed by atoms with Crippen molar-refractivity contribution in [3.8, 4) is 22.9 Å². The smallest absolute Gasteiger partial charge is 0.157 e. The fraction of sp³-hybridized carbons (Fsp3) is 0.222. The van der Waals surface area contributed by atoms with Crippen LogP contribution < -0.4 is 4.74 Å². The molecule has 2 heterocycles. The van der Waals surface area contributed by atoms with E-state index >= 15 is 0 Å². The van der Waals surface area contributed by atoms with Gasteiger partial charge in [0.1, 0.15) is 33.5 Å². The Kier molecular flexibility index (Phi) is 5.03. The predicted octanol–water partition coefficient (Wildman–Crippen LogP) is 1.97. The van der Waals surface area contributed by atoms with Crippen molar-refractivity contribution in [1.29, 1.82) is 0 Å². The van der Waals surface area contributed by atoms with Crippen LogP contribution in [0.4, 0.5) is 0 Å². The molecule has 7 nitrogen and oxygen atoms in total. The number of rotatable bonds is 6. The lowest BCUT2D eigenvalue weighted by Gasteiger charge is -2.30. The lowest BCUT2D eigenvalue weighted by Crippen LogP contribution is -2.35. The summed E-state index contributed by atoms with van der Waals surface area (Å²) in [5.41, 5.74) is 1.39. The third-order valence-corrected chi connectivity index (χ3v) is 3.98. The summed E-state index contributed by atoms with van der Waals surface area (Å²) < 4.78 is 7.46. The molecular formula is C18H16B2N4O3. The summed E-state index contributed by atoms with van der Waals surface area (Å²) in [7, 11) is 12.5. The number of nitrogens with zero attached hydrogens (tertiary/aromatic N) is 4. The van der Waals surface area contributed by atoms with Crippen molar-refractivity contribution in [2.75, 3.05) is 0 Å². The molecule has 2 aromatic heterocycles. The van der Waals surface area contributed by atoms with Crippen LogP contribution in [0.3, 0.4) is 0 Å². The molecule has 0 spiro atoms. The number of hydrogen-bond acceptors (Lipinski definition) is 6. The number of phenolic OH excluding ortho intramolecular Hbond substituents is 1. The fourth-order valence-electron chi connectivity index (χ4n) is 2.71. The number of hydrogen-bond donors (Lipinski definition) is 1. The van der Waals surface area contributed by atoms with E-state index in [9.17, 15) is 9.90 Å². The Balaban J connectivity index is 2.08. The van der Waals surface area contributed by atoms with Gasteiger partial charge < -0.3 is 9.84 Å². The number of aldehydes is 1. The molecule has 0 unspecified atom stereocenters. The van der Waals surface area contributed by atoms with Crippen LogP contribution in [-0.4, -0.2) is 46.8 Å². The molecule has 0 aliphatic rings. The maximum atomic E-state index is 11.3. The van der Waals surface area contributed by atoms with Gasteiger partial charge in [-0.15, -0.1) is 0 Å². The Labute approximate surface area is 159 Å². The Morgan fingerprint density at radius 1 is 1.30 bits per heavy atom. The van der Waals surface area contributed by atoms with E-state index < -0.39 is 5.40 Å². The van der Waals surface area contributed by atoms with E-state index in [1.807, 2.05) is 13.8 Å². The molecule has 132 valence electrons. The molecule has 4 radical (unpaired) electrons. The molecule has 0 aliphatic carbocycles. The van der Waals surface area contributed by atoms with Gasteiger partial charge in [-0.2, -0.15) is 5.10 Å². The molecular weight excluding hydrogens is 342 g/mol. The van der Waals surface area contributed by atoms with Crippen LogP contribution in [0.5, 0.6) is 11.5 Å². The highest BCUT2D eigenvalue weighted by molar-refractivity contribution is 6.39. The zero-order chi connectivity index (χ0) is 19.6. The third kappa shape index (κ3) is 3.58. The molecule has 3 aromatic rings. The van der Waals surface area contributed by atoms with Crippen molar-refractivity contribution in [1.82, 2.24) is 19.7 Å². The van der Waals surface area contributed by atoms with Crippen LogP contribution in [0, 0.1) is 0 Å². The molecule has 1 aromatic carbocycles. The molecule has 0 amide bonds. The van der Waals surface area contributed by atoms with Crippen LogP contribution >= 0.6 is 0 Å². The first-order chi connectivity index (χ1) is 12.8. The van der Waals surface area contributed by atoms with Gasteiger partial charge in [-0.25, -0.2) is 9.97 Å². The molecule has 0 fully saturated rings. The van der Waals surface area contributed by atoms with Gasteiger partial charge in [0.15, 0.2) is 6.29 Å². The monoisotopic (exact) mass is 358 g/mol. The average molecular weight is 358 g/mol. The summed E-state index contributed by atoms with van der Waals surface area (Å²) in [6, 6.07) is 6.23. The van der Waals surface area contributed by atoms with Gasteiger partial charge in [-0.3, -0.25) is 9.48 Å². The quantitative estimate of drug-likeness (QED) is 0.535. The van der Waals surface area contributed by atoms with Crippen molar-refractivity contribution < 1.29 is 14.6 Å². The summed E-state index contributed by atoms with van der Waals surface area (Å²) in [6.07, 6.45) is 4.94. The number of benzene rings is 1. The summed E-state index contributed by atoms with van der Waals surface area (Å²) >= 11 is 0. The normalized spacial score (nSPS) is 11.5. The minimum Gasteiger partial charge on any atom is -0.507 e. The summed E-state index contributed by atoms with van der Waals surface area (Å²) in [5, 5.41) is 12.3. The zero-order valence-corrected chi connectivity index (χ0v) is 14.9. The molecule has 0 aliphatic heterocycles. The molecule has 9 heteroatoms. The van der Waals surface area contributed by atoms with E-state index in [2.05, 4.69) is 15.1 Å². The van der Waals surface area contributed by atoms with Crippen molar-refractivity contribution in [2.45, 2.75) is 25.3 Å². The standard InChI is InChI=1S/C18H16B2N4O3/c1-11(2)24-14(6-7-23-24)17-13(8-21-10-22-17)18(19,20)27-16-5-3-4-15(26)12(16)9-25/h3-11,26H,1-2H3. The van der Waals surface area contributed by atoms with E-state index in [1.54, 1.807) is 16.9 Å². The Morgan fingerprint density at radius 3 is 2.78 bits per heavy atom. The lowest BCUT2D eigenvalue weighted by molar-refractivity contribution is 0.111. The summed E-state index contributed by atoms with van der Waals surface area (Å²) in [4.78, 5) is 19.6. The summed E-state index contributed by atoms with van der Waals surface area (Å²) in [6.45, 7) is 3.96. The van der Waals surface area contributed by atoms with Crippen LogP contribution in [0.15, 0.2) is 43.0 Å². The highest BCUT2D eigenvalue weighted by Gasteiger charge is 2.29. The van der Waals surface area contributed by atoms with Gasteiger partial charge >= 0.3 is 0 Å². The van der Waals surface area contributed by atoms with Crippen LogP contribution in [0.1, 0.15) is 35.8 Å². The third-order valence-electron chi connectivity index (χ3n) is 3.98. The van der Waals surface area contributed by atoms with Gasteiger partial charge in [0, 0.05) is 24.0 Å². The van der Waals surface area contributed by atoms with Crippen LogP contribution in [-0.2, 0) is 5.40 Å². The Hall–Kier alpha value is -3.09. The Bertz CT molecular complexity index is 973. The zero-order valence-electron chi connectivity index (χ0n) is 14.9. The van der Waals surface area contributed by atoms with Crippen molar-refractivity contribution in [3.63, 3.8) is 0 Å². The number of carbonyl (C=O) groups is 1. The first-order valence-electron chi connectivity index (χ1n) is 8.23. The predicted molar refractivity (Wildman–Crippen MR) is 101 cm³/mol. The molecule has 0 bridgehead atoms. The van der Waals surface area contributed by atoms with Crippen LogP contribution in [0.25, 0.3) is 11.4 Å². The molecule has 0 saturated carbocycles. The number of phenols is 1. The first-order valence-corrected chi connectivity index (χ1v) is 8.23. The SMILES string of the molecule is [B]C([B])(Oc1cccc(O)c1C=O)c1cncnc1-c1ccnn1C(C)C. The number of ether oxygens (including phenoxy) is 1. The molecule has 0 atom stereocenters. The minimum atomic E-state index is -1.87. The van der Waals surface area contributed by atoms with E-state index in [0.717, 1.165) is 0 Å². The highest BCUT2D eigenvalue weighted by atomic mass is 16.5. The van der Waals surface area contributed by atoms with E-state index in [1.165, 1.54) is 30.7 Å². The maximum absolute atomic E-state index is 11.3. The second kappa shape index (κ2) is 7.26. The maximum Gasteiger partial charge on any atom is 0.157 e. The van der Waals surface area contributed by atoms with Gasteiger partial charge in [0.2, 0.25) is 0 Å². The van der Waals surface area contributed by atoms with Gasteiger partial charge in [0.05, 0.1) is 22.4 Å². The van der Waals surface area contributed by atoms with E-state index in [0.29, 0.717) is 23.2 Å². The molecule has 0 saturated heterocycles. The van der Waals surface area contributed by atoms with E-state index in [4.69, 9.17) is 20.4 Å². The van der Waals surface area contributed by atoms with E-state index in [-0.39, 0.29) is 23.1 Å². The second-order valence-corrected chi connectivity index (χ2v) is 6.24. The number of aromatic hydroxyl groups is 1. The largest absolute Gasteiger partial charge is 0.507 e. The fourth-order valence-corrected chi connectivity index (χ4v) is 2.71. The summed E-state index contributed by atoms with van der Waals surface area (Å²) in [5.74, 6) is -0.192. The first kappa shape index (κ1) is 18.7. The lowest BCUT2D eigenvalue weighted by atomic mass is 9.60. The highest BCUT2D eigenvalue weighted by Crippen LogP contribution is 2.33. The number of carbonyl (C=O) groups excluding carboxylic acids is 1.